The molecule has 170 valence electrons. The van der Waals surface area contributed by atoms with E-state index in [0.717, 1.165) is 78.7 Å². The Balaban J connectivity index is 1.22. The minimum Gasteiger partial charge on any atom is -0.497 e. The third kappa shape index (κ3) is 3.92. The Labute approximate surface area is 188 Å². The lowest BCUT2D eigenvalue weighted by molar-refractivity contribution is -1.02. The van der Waals surface area contributed by atoms with Crippen molar-refractivity contribution in [3.05, 3.63) is 53.2 Å². The van der Waals surface area contributed by atoms with Crippen LogP contribution in [0.1, 0.15) is 22.9 Å². The molecule has 0 radical (unpaired) electrons. The van der Waals surface area contributed by atoms with Crippen molar-refractivity contribution >= 4 is 10.9 Å². The summed E-state index contributed by atoms with van der Waals surface area (Å²) >= 11 is 0. The summed E-state index contributed by atoms with van der Waals surface area (Å²) in [6.45, 7) is 8.45. The van der Waals surface area contributed by atoms with Crippen LogP contribution in [0.5, 0.6) is 17.2 Å². The van der Waals surface area contributed by atoms with Gasteiger partial charge < -0.3 is 33.7 Å². The lowest BCUT2D eigenvalue weighted by Crippen LogP contribution is -3.27. The highest BCUT2D eigenvalue weighted by Crippen LogP contribution is 2.33. The van der Waals surface area contributed by atoms with Gasteiger partial charge in [-0.2, -0.15) is 0 Å². The second-order valence-corrected chi connectivity index (χ2v) is 9.03. The smallest absolute Gasteiger partial charge is 0.231 e. The van der Waals surface area contributed by atoms with Gasteiger partial charge >= 0.3 is 0 Å². The third-order valence-electron chi connectivity index (χ3n) is 7.12. The number of nitrogens with zero attached hydrogens (tertiary/aromatic N) is 1. The van der Waals surface area contributed by atoms with Crippen molar-refractivity contribution in [3.8, 4) is 17.2 Å². The van der Waals surface area contributed by atoms with Crippen LogP contribution in [0.3, 0.4) is 0 Å². The SMILES string of the molecule is COc1ccc2c(c1)c([C@H](O)C[NH+]1CC[NH+](Cc3ccc4c(c3)OCO4)CC1)c(C)n2C. The van der Waals surface area contributed by atoms with Gasteiger partial charge in [0, 0.05) is 34.8 Å². The molecule has 2 aromatic carbocycles. The van der Waals surface area contributed by atoms with Crippen LogP contribution in [0, 0.1) is 6.92 Å². The number of benzene rings is 2. The Morgan fingerprint density at radius 2 is 1.78 bits per heavy atom. The molecule has 32 heavy (non-hydrogen) atoms. The monoisotopic (exact) mass is 439 g/mol. The number of aryl methyl sites for hydroxylation is 1. The van der Waals surface area contributed by atoms with E-state index in [1.807, 2.05) is 18.2 Å². The van der Waals surface area contributed by atoms with Gasteiger partial charge in [-0.1, -0.05) is 0 Å². The van der Waals surface area contributed by atoms with Crippen molar-refractivity contribution in [2.75, 3.05) is 46.6 Å². The number of piperazine rings is 1. The van der Waals surface area contributed by atoms with E-state index in [0.29, 0.717) is 6.79 Å². The van der Waals surface area contributed by atoms with E-state index in [1.165, 1.54) is 10.5 Å². The maximum absolute atomic E-state index is 11.2. The van der Waals surface area contributed by atoms with Gasteiger partial charge in [0.2, 0.25) is 6.79 Å². The molecule has 0 saturated carbocycles. The van der Waals surface area contributed by atoms with Crippen LogP contribution >= 0.6 is 0 Å². The molecule has 7 heteroatoms. The Morgan fingerprint density at radius 1 is 1.03 bits per heavy atom. The Morgan fingerprint density at radius 3 is 2.56 bits per heavy atom. The molecule has 3 heterocycles. The van der Waals surface area contributed by atoms with E-state index in [9.17, 15) is 5.11 Å². The van der Waals surface area contributed by atoms with E-state index in [1.54, 1.807) is 12.0 Å². The molecule has 0 spiro atoms. The van der Waals surface area contributed by atoms with Crippen LogP contribution in [-0.4, -0.2) is 56.3 Å². The third-order valence-corrected chi connectivity index (χ3v) is 7.12. The highest BCUT2D eigenvalue weighted by molar-refractivity contribution is 5.87. The number of aliphatic hydroxyl groups is 1. The molecule has 2 aliphatic rings. The number of rotatable bonds is 6. The summed E-state index contributed by atoms with van der Waals surface area (Å²) in [4.78, 5) is 3.04. The standard InChI is InChI=1S/C25H31N3O4/c1-17-25(20-13-19(30-3)5-6-21(20)26(17)2)22(29)15-28-10-8-27(9-11-28)14-18-4-7-23-24(12-18)32-16-31-23/h4-7,12-13,22,29H,8-11,14-16H2,1-3H3/p+2/t22-/m1/s1. The quantitative estimate of drug-likeness (QED) is 0.515. The molecular formula is C25H33N3O4+2. The zero-order valence-corrected chi connectivity index (χ0v) is 19.1. The maximum atomic E-state index is 11.2. The van der Waals surface area contributed by atoms with Crippen LogP contribution in [0.4, 0.5) is 0 Å². The van der Waals surface area contributed by atoms with Gasteiger partial charge in [-0.25, -0.2) is 0 Å². The highest BCUT2D eigenvalue weighted by Gasteiger charge is 2.28. The van der Waals surface area contributed by atoms with Crippen LogP contribution in [0.2, 0.25) is 0 Å². The summed E-state index contributed by atoms with van der Waals surface area (Å²) in [5.41, 5.74) is 4.56. The molecular weight excluding hydrogens is 406 g/mol. The Hall–Kier alpha value is -2.74. The summed E-state index contributed by atoms with van der Waals surface area (Å²) in [6, 6.07) is 12.4. The molecule has 3 aromatic rings. The molecule has 0 aliphatic carbocycles. The van der Waals surface area contributed by atoms with Crippen molar-refractivity contribution in [3.63, 3.8) is 0 Å². The van der Waals surface area contributed by atoms with Gasteiger partial charge in [0.15, 0.2) is 11.5 Å². The molecule has 1 atom stereocenters. The number of quaternary nitrogens is 2. The molecule has 3 N–H and O–H groups in total. The molecule has 1 aromatic heterocycles. The van der Waals surface area contributed by atoms with Crippen LogP contribution in [0.15, 0.2) is 36.4 Å². The lowest BCUT2D eigenvalue weighted by atomic mass is 10.0. The minimum atomic E-state index is -0.490. The number of hydrogen-bond donors (Lipinski definition) is 3. The first-order chi connectivity index (χ1) is 15.5. The normalized spacial score (nSPS) is 21.1. The number of nitrogens with one attached hydrogen (secondary N) is 2. The van der Waals surface area contributed by atoms with Crippen LogP contribution in [0.25, 0.3) is 10.9 Å². The first kappa shape index (κ1) is 21.1. The summed E-state index contributed by atoms with van der Waals surface area (Å²) < 4.78 is 18.5. The second kappa shape index (κ2) is 8.65. The van der Waals surface area contributed by atoms with Gasteiger partial charge in [0.1, 0.15) is 51.1 Å². The molecule has 0 amide bonds. The van der Waals surface area contributed by atoms with Crippen molar-refractivity contribution < 1.29 is 29.1 Å². The first-order valence-electron chi connectivity index (χ1n) is 11.4. The van der Waals surface area contributed by atoms with E-state index in [4.69, 9.17) is 14.2 Å². The van der Waals surface area contributed by atoms with E-state index in [-0.39, 0.29) is 0 Å². The van der Waals surface area contributed by atoms with Gasteiger partial charge in [-0.05, 0) is 43.3 Å². The lowest BCUT2D eigenvalue weighted by Gasteiger charge is -2.31. The fraction of sp³-hybridized carbons (Fsp3) is 0.440. The topological polar surface area (TPSA) is 61.7 Å². The van der Waals surface area contributed by atoms with Crippen molar-refractivity contribution in [2.24, 2.45) is 7.05 Å². The molecule has 0 bridgehead atoms. The average molecular weight is 440 g/mol. The van der Waals surface area contributed by atoms with E-state index >= 15 is 0 Å². The number of fused-ring (bicyclic) bond motifs is 2. The zero-order chi connectivity index (χ0) is 22.2. The highest BCUT2D eigenvalue weighted by atomic mass is 16.7. The van der Waals surface area contributed by atoms with Gasteiger partial charge in [-0.15, -0.1) is 0 Å². The van der Waals surface area contributed by atoms with E-state index in [2.05, 4.69) is 36.7 Å². The molecule has 7 nitrogen and oxygen atoms in total. The first-order valence-corrected chi connectivity index (χ1v) is 11.4. The van der Waals surface area contributed by atoms with Gasteiger partial charge in [-0.3, -0.25) is 0 Å². The Bertz CT molecular complexity index is 1120. The largest absolute Gasteiger partial charge is 0.497 e. The fourth-order valence-corrected chi connectivity index (χ4v) is 5.18. The molecule has 0 unspecified atom stereocenters. The van der Waals surface area contributed by atoms with Crippen molar-refractivity contribution in [1.82, 2.24) is 4.57 Å². The predicted molar refractivity (Wildman–Crippen MR) is 122 cm³/mol. The molecule has 1 saturated heterocycles. The number of aromatic nitrogens is 1. The minimum absolute atomic E-state index is 0.318. The van der Waals surface area contributed by atoms with E-state index < -0.39 is 6.10 Å². The van der Waals surface area contributed by atoms with Crippen LogP contribution < -0.4 is 24.0 Å². The summed E-state index contributed by atoms with van der Waals surface area (Å²) in [5.74, 6) is 2.52. The summed E-state index contributed by atoms with van der Waals surface area (Å²) in [5, 5.41) is 12.3. The van der Waals surface area contributed by atoms with Gasteiger partial charge in [0.05, 0.1) is 7.11 Å². The van der Waals surface area contributed by atoms with Gasteiger partial charge in [0.25, 0.3) is 0 Å². The summed E-state index contributed by atoms with van der Waals surface area (Å²) in [6.07, 6.45) is -0.490. The molecule has 1 fully saturated rings. The van der Waals surface area contributed by atoms with Crippen LogP contribution in [-0.2, 0) is 13.6 Å². The molecule has 5 rings (SSSR count). The summed E-state index contributed by atoms with van der Waals surface area (Å²) in [7, 11) is 3.74. The average Bonchev–Trinajstić information content (AvgIpc) is 3.37. The zero-order valence-electron chi connectivity index (χ0n) is 19.1. The molecule has 2 aliphatic heterocycles. The predicted octanol–water partition coefficient (Wildman–Crippen LogP) is 0.241. The van der Waals surface area contributed by atoms with Crippen molar-refractivity contribution in [2.45, 2.75) is 19.6 Å². The second-order valence-electron chi connectivity index (χ2n) is 9.03. The number of aliphatic hydroxyl groups excluding tert-OH is 1. The number of hydrogen-bond acceptors (Lipinski definition) is 4. The number of methoxy groups -OCH3 is 1. The Kier molecular flexibility index (Phi) is 5.71. The number of ether oxygens (including phenoxy) is 3. The van der Waals surface area contributed by atoms with Crippen molar-refractivity contribution in [1.29, 1.82) is 0 Å². The maximum Gasteiger partial charge on any atom is 0.231 e. The fourth-order valence-electron chi connectivity index (χ4n) is 5.18.